The van der Waals surface area contributed by atoms with Crippen LogP contribution in [0.2, 0.25) is 0 Å². The first-order chi connectivity index (χ1) is 18.3. The summed E-state index contributed by atoms with van der Waals surface area (Å²) in [7, 11) is -4.02. The second-order valence-electron chi connectivity index (χ2n) is 9.60. The van der Waals surface area contributed by atoms with Crippen molar-refractivity contribution in [3.05, 3.63) is 129 Å². The number of halogens is 1. The van der Waals surface area contributed by atoms with Crippen molar-refractivity contribution in [3.8, 4) is 0 Å². The van der Waals surface area contributed by atoms with E-state index < -0.39 is 16.2 Å². The predicted octanol–water partition coefficient (Wildman–Crippen LogP) is 6.08. The van der Waals surface area contributed by atoms with Gasteiger partial charge in [0.25, 0.3) is 15.9 Å². The first-order valence-electron chi connectivity index (χ1n) is 12.5. The van der Waals surface area contributed by atoms with E-state index >= 15 is 0 Å². The summed E-state index contributed by atoms with van der Waals surface area (Å²) in [5, 5.41) is 3.64. The Labute approximate surface area is 231 Å². The lowest BCUT2D eigenvalue weighted by Crippen LogP contribution is -2.54. The average molecular weight is 589 g/mol. The standard InChI is InChI=1S/C30H26BrN3O3S/c1-21-11-14-26(15-12-21)38(36,37)34-28-16-13-25(31)19-24(28)20-33(30(35)23-8-3-2-4-9-23)32-18-17-22-7-5-6-10-27(22)29(32)34/h2-16,19,29H,17-18,20H2,1H3. The highest BCUT2D eigenvalue weighted by Crippen LogP contribution is 2.45. The van der Waals surface area contributed by atoms with Crippen LogP contribution in [0.4, 0.5) is 5.69 Å². The van der Waals surface area contributed by atoms with Gasteiger partial charge in [-0.15, -0.1) is 0 Å². The fourth-order valence-electron chi connectivity index (χ4n) is 5.31. The summed E-state index contributed by atoms with van der Waals surface area (Å²) in [5.41, 5.74) is 4.78. The highest BCUT2D eigenvalue weighted by atomic mass is 79.9. The summed E-state index contributed by atoms with van der Waals surface area (Å²) >= 11 is 3.56. The van der Waals surface area contributed by atoms with Crippen LogP contribution in [-0.2, 0) is 23.0 Å². The van der Waals surface area contributed by atoms with Gasteiger partial charge in [-0.05, 0) is 72.5 Å². The zero-order valence-corrected chi connectivity index (χ0v) is 23.2. The van der Waals surface area contributed by atoms with Gasteiger partial charge in [0.15, 0.2) is 0 Å². The van der Waals surface area contributed by atoms with E-state index in [9.17, 15) is 13.2 Å². The lowest BCUT2D eigenvalue weighted by atomic mass is 9.97. The Kier molecular flexibility index (Phi) is 6.34. The fourth-order valence-corrected chi connectivity index (χ4v) is 7.35. The zero-order chi connectivity index (χ0) is 26.4. The van der Waals surface area contributed by atoms with Gasteiger partial charge in [-0.1, -0.05) is 76.1 Å². The van der Waals surface area contributed by atoms with E-state index in [1.165, 1.54) is 4.31 Å². The normalized spacial score (nSPS) is 17.3. The molecule has 0 fully saturated rings. The summed E-state index contributed by atoms with van der Waals surface area (Å²) in [4.78, 5) is 14.2. The Morgan fingerprint density at radius 2 is 1.58 bits per heavy atom. The highest BCUT2D eigenvalue weighted by molar-refractivity contribution is 9.10. The van der Waals surface area contributed by atoms with E-state index in [1.54, 1.807) is 29.3 Å². The maximum atomic E-state index is 14.5. The Hall–Kier alpha value is -3.46. The van der Waals surface area contributed by atoms with Crippen LogP contribution in [0.25, 0.3) is 0 Å². The molecule has 2 aliphatic rings. The number of nitrogens with zero attached hydrogens (tertiary/aromatic N) is 3. The van der Waals surface area contributed by atoms with Gasteiger partial charge in [-0.3, -0.25) is 9.80 Å². The molecule has 4 aromatic rings. The lowest BCUT2D eigenvalue weighted by molar-refractivity contribution is -0.0435. The number of carbonyl (C=O) groups excluding carboxylic acids is 1. The summed E-state index contributed by atoms with van der Waals surface area (Å²) in [5.74, 6) is -0.171. The summed E-state index contributed by atoms with van der Waals surface area (Å²) in [6, 6.07) is 29.6. The molecule has 0 saturated heterocycles. The maximum absolute atomic E-state index is 14.5. The number of carbonyl (C=O) groups is 1. The molecule has 0 saturated carbocycles. The van der Waals surface area contributed by atoms with Gasteiger partial charge in [0.2, 0.25) is 0 Å². The minimum Gasteiger partial charge on any atom is -0.268 e. The lowest BCUT2D eigenvalue weighted by Gasteiger charge is -2.45. The number of amides is 1. The SMILES string of the molecule is Cc1ccc(S(=O)(=O)N2c3ccc(Br)cc3CN(C(=O)c3ccccc3)N3CCc4ccccc4C32)cc1. The molecular formula is C30H26BrN3O3S. The summed E-state index contributed by atoms with van der Waals surface area (Å²) < 4.78 is 31.3. The van der Waals surface area contributed by atoms with Gasteiger partial charge in [0.05, 0.1) is 17.1 Å². The molecule has 0 spiro atoms. The van der Waals surface area contributed by atoms with E-state index in [0.29, 0.717) is 24.2 Å². The van der Waals surface area contributed by atoms with Gasteiger partial charge >= 0.3 is 0 Å². The van der Waals surface area contributed by atoms with Crippen LogP contribution >= 0.6 is 15.9 Å². The quantitative estimate of drug-likeness (QED) is 0.291. The fraction of sp³-hybridized carbons (Fsp3) is 0.167. The minimum absolute atomic E-state index is 0.171. The number of hydrazine groups is 1. The van der Waals surface area contributed by atoms with Crippen molar-refractivity contribution in [3.63, 3.8) is 0 Å². The number of anilines is 1. The molecule has 1 unspecified atom stereocenters. The number of hydrogen-bond donors (Lipinski definition) is 0. The van der Waals surface area contributed by atoms with E-state index in [0.717, 1.165) is 26.7 Å². The van der Waals surface area contributed by atoms with Crippen molar-refractivity contribution in [2.45, 2.75) is 31.0 Å². The van der Waals surface area contributed by atoms with Crippen molar-refractivity contribution in [2.75, 3.05) is 10.8 Å². The molecule has 0 aromatic heterocycles. The first-order valence-corrected chi connectivity index (χ1v) is 14.7. The van der Waals surface area contributed by atoms with Crippen molar-refractivity contribution in [2.24, 2.45) is 0 Å². The topological polar surface area (TPSA) is 60.9 Å². The highest BCUT2D eigenvalue weighted by Gasteiger charge is 2.45. The molecule has 38 heavy (non-hydrogen) atoms. The van der Waals surface area contributed by atoms with Gasteiger partial charge in [-0.2, -0.15) is 5.01 Å². The van der Waals surface area contributed by atoms with Crippen LogP contribution in [0, 0.1) is 6.92 Å². The van der Waals surface area contributed by atoms with Crippen molar-refractivity contribution >= 4 is 37.5 Å². The van der Waals surface area contributed by atoms with E-state index in [-0.39, 0.29) is 17.3 Å². The molecule has 0 bridgehead atoms. The number of sulfonamides is 1. The Balaban J connectivity index is 1.61. The molecule has 2 aliphatic heterocycles. The molecule has 0 aliphatic carbocycles. The number of rotatable bonds is 3. The van der Waals surface area contributed by atoms with E-state index in [4.69, 9.17) is 0 Å². The predicted molar refractivity (Wildman–Crippen MR) is 151 cm³/mol. The molecule has 4 aromatic carbocycles. The Morgan fingerprint density at radius 1 is 0.868 bits per heavy atom. The second kappa shape index (κ2) is 9.69. The Morgan fingerprint density at radius 3 is 2.34 bits per heavy atom. The molecule has 1 amide bonds. The molecular weight excluding hydrogens is 562 g/mol. The summed E-state index contributed by atoms with van der Waals surface area (Å²) in [6.45, 7) is 2.66. The van der Waals surface area contributed by atoms with Gasteiger partial charge in [-0.25, -0.2) is 12.7 Å². The number of aryl methyl sites for hydroxylation is 1. The zero-order valence-electron chi connectivity index (χ0n) is 20.8. The molecule has 192 valence electrons. The first kappa shape index (κ1) is 24.9. The van der Waals surface area contributed by atoms with Gasteiger partial charge in [0, 0.05) is 16.6 Å². The second-order valence-corrected chi connectivity index (χ2v) is 12.3. The molecule has 0 N–H and O–H groups in total. The monoisotopic (exact) mass is 587 g/mol. The largest absolute Gasteiger partial charge is 0.268 e. The van der Waals surface area contributed by atoms with Crippen LogP contribution in [-0.4, -0.2) is 30.9 Å². The minimum atomic E-state index is -4.02. The molecule has 8 heteroatoms. The molecule has 6 rings (SSSR count). The van der Waals surface area contributed by atoms with Crippen LogP contribution in [0.1, 0.15) is 38.8 Å². The van der Waals surface area contributed by atoms with Crippen LogP contribution in [0.3, 0.4) is 0 Å². The molecule has 1 atom stereocenters. The van der Waals surface area contributed by atoms with Gasteiger partial charge < -0.3 is 0 Å². The number of hydrogen-bond acceptors (Lipinski definition) is 4. The van der Waals surface area contributed by atoms with Gasteiger partial charge in [0.1, 0.15) is 6.17 Å². The molecule has 0 radical (unpaired) electrons. The summed E-state index contributed by atoms with van der Waals surface area (Å²) in [6.07, 6.45) is -0.0368. The van der Waals surface area contributed by atoms with Crippen molar-refractivity contribution in [1.29, 1.82) is 0 Å². The smallest absolute Gasteiger partial charge is 0.268 e. The third-order valence-electron chi connectivity index (χ3n) is 7.19. The van der Waals surface area contributed by atoms with Crippen molar-refractivity contribution < 1.29 is 13.2 Å². The molecule has 2 heterocycles. The number of fused-ring (bicyclic) bond motifs is 4. The number of benzene rings is 4. The van der Waals surface area contributed by atoms with E-state index in [2.05, 4.69) is 15.9 Å². The maximum Gasteiger partial charge on any atom is 0.268 e. The Bertz CT molecular complexity index is 1620. The average Bonchev–Trinajstić information content (AvgIpc) is 3.08. The molecule has 6 nitrogen and oxygen atoms in total. The van der Waals surface area contributed by atoms with Crippen LogP contribution in [0.15, 0.2) is 106 Å². The van der Waals surface area contributed by atoms with Crippen LogP contribution in [0.5, 0.6) is 0 Å². The third kappa shape index (κ3) is 4.22. The van der Waals surface area contributed by atoms with E-state index in [1.807, 2.05) is 84.7 Å². The van der Waals surface area contributed by atoms with Crippen molar-refractivity contribution in [1.82, 2.24) is 10.0 Å². The van der Waals surface area contributed by atoms with Crippen LogP contribution < -0.4 is 4.31 Å². The third-order valence-corrected chi connectivity index (χ3v) is 9.47.